The van der Waals surface area contributed by atoms with E-state index in [1.807, 2.05) is 6.07 Å². The summed E-state index contributed by atoms with van der Waals surface area (Å²) < 4.78 is 1.67. The Morgan fingerprint density at radius 3 is 2.68 bits per heavy atom. The summed E-state index contributed by atoms with van der Waals surface area (Å²) in [6.45, 7) is 6.28. The fourth-order valence-electron chi connectivity index (χ4n) is 1.94. The van der Waals surface area contributed by atoms with E-state index in [4.69, 9.17) is 5.11 Å². The van der Waals surface area contributed by atoms with Crippen molar-refractivity contribution in [2.75, 3.05) is 13.1 Å². The minimum atomic E-state index is -0.761. The van der Waals surface area contributed by atoms with E-state index in [0.717, 1.165) is 13.1 Å². The van der Waals surface area contributed by atoms with E-state index in [1.54, 1.807) is 22.9 Å². The molecule has 0 aromatic carbocycles. The molecule has 1 rings (SSSR count). The van der Waals surface area contributed by atoms with E-state index in [2.05, 4.69) is 18.7 Å². The Labute approximate surface area is 113 Å². The SMILES string of the molecule is CC(C)N(CCCC(=O)O)CCn1ccccc1=O. The molecule has 0 unspecified atom stereocenters. The van der Waals surface area contributed by atoms with E-state index in [-0.39, 0.29) is 12.0 Å². The Balaban J connectivity index is 2.48. The summed E-state index contributed by atoms with van der Waals surface area (Å²) in [5, 5.41) is 8.65. The second kappa shape index (κ2) is 7.74. The highest BCUT2D eigenvalue weighted by Gasteiger charge is 2.10. The number of carbonyl (C=O) groups is 1. The molecule has 1 N–H and O–H groups in total. The third-order valence-electron chi connectivity index (χ3n) is 3.09. The molecule has 5 heteroatoms. The van der Waals surface area contributed by atoms with Crippen LogP contribution in [0.1, 0.15) is 26.7 Å². The van der Waals surface area contributed by atoms with Crippen LogP contribution in [0.15, 0.2) is 29.2 Å². The quantitative estimate of drug-likeness (QED) is 0.773. The minimum Gasteiger partial charge on any atom is -0.481 e. The number of aromatic nitrogens is 1. The van der Waals surface area contributed by atoms with Crippen molar-refractivity contribution in [1.29, 1.82) is 0 Å². The van der Waals surface area contributed by atoms with Crippen LogP contribution in [0.5, 0.6) is 0 Å². The van der Waals surface area contributed by atoms with Gasteiger partial charge in [-0.05, 0) is 32.9 Å². The molecule has 106 valence electrons. The molecular weight excluding hydrogens is 244 g/mol. The van der Waals surface area contributed by atoms with Gasteiger partial charge in [-0.2, -0.15) is 0 Å². The molecule has 1 aromatic heterocycles. The van der Waals surface area contributed by atoms with Crippen molar-refractivity contribution in [1.82, 2.24) is 9.47 Å². The number of hydrogen-bond acceptors (Lipinski definition) is 3. The zero-order valence-corrected chi connectivity index (χ0v) is 11.6. The first-order valence-corrected chi connectivity index (χ1v) is 6.62. The Kier molecular flexibility index (Phi) is 6.29. The van der Waals surface area contributed by atoms with Gasteiger partial charge in [-0.1, -0.05) is 6.07 Å². The monoisotopic (exact) mass is 266 g/mol. The van der Waals surface area contributed by atoms with Crippen LogP contribution >= 0.6 is 0 Å². The molecule has 1 aromatic rings. The van der Waals surface area contributed by atoms with Gasteiger partial charge < -0.3 is 9.67 Å². The van der Waals surface area contributed by atoms with Crippen LogP contribution in [0.2, 0.25) is 0 Å². The van der Waals surface area contributed by atoms with E-state index in [0.29, 0.717) is 19.0 Å². The van der Waals surface area contributed by atoms with Gasteiger partial charge >= 0.3 is 5.97 Å². The summed E-state index contributed by atoms with van der Waals surface area (Å²) >= 11 is 0. The smallest absolute Gasteiger partial charge is 0.303 e. The predicted octanol–water partition coefficient (Wildman–Crippen LogP) is 1.42. The van der Waals surface area contributed by atoms with Crippen molar-refractivity contribution in [3.8, 4) is 0 Å². The number of rotatable bonds is 8. The molecular formula is C14H22N2O3. The molecule has 19 heavy (non-hydrogen) atoms. The summed E-state index contributed by atoms with van der Waals surface area (Å²) in [6, 6.07) is 5.45. The van der Waals surface area contributed by atoms with Crippen molar-refractivity contribution in [2.24, 2.45) is 0 Å². The van der Waals surface area contributed by atoms with Gasteiger partial charge in [0.1, 0.15) is 0 Å². The number of carboxylic acid groups (broad SMARTS) is 1. The highest BCUT2D eigenvalue weighted by atomic mass is 16.4. The number of pyridine rings is 1. The molecule has 0 radical (unpaired) electrons. The average Bonchev–Trinajstić information content (AvgIpc) is 2.34. The number of aliphatic carboxylic acids is 1. The van der Waals surface area contributed by atoms with E-state index >= 15 is 0 Å². The van der Waals surface area contributed by atoms with Gasteiger partial charge in [0.15, 0.2) is 0 Å². The molecule has 0 amide bonds. The van der Waals surface area contributed by atoms with Crippen LogP contribution in [0, 0.1) is 0 Å². The lowest BCUT2D eigenvalue weighted by Gasteiger charge is -2.26. The molecule has 0 saturated heterocycles. The highest BCUT2D eigenvalue weighted by Crippen LogP contribution is 2.02. The van der Waals surface area contributed by atoms with Gasteiger partial charge in [-0.25, -0.2) is 0 Å². The van der Waals surface area contributed by atoms with Crippen LogP contribution in [-0.2, 0) is 11.3 Å². The first kappa shape index (κ1) is 15.4. The Morgan fingerprint density at radius 1 is 1.37 bits per heavy atom. The zero-order valence-electron chi connectivity index (χ0n) is 11.6. The Morgan fingerprint density at radius 2 is 2.11 bits per heavy atom. The van der Waals surface area contributed by atoms with Crippen LogP contribution in [0.4, 0.5) is 0 Å². The molecule has 0 aliphatic rings. The number of hydrogen-bond donors (Lipinski definition) is 1. The summed E-state index contributed by atoms with van der Waals surface area (Å²) in [4.78, 5) is 24.3. The maximum atomic E-state index is 11.6. The molecule has 0 bridgehead atoms. The fourth-order valence-corrected chi connectivity index (χ4v) is 1.94. The molecule has 0 aliphatic carbocycles. The minimum absolute atomic E-state index is 0.00302. The number of nitrogens with zero attached hydrogens (tertiary/aromatic N) is 2. The highest BCUT2D eigenvalue weighted by molar-refractivity contribution is 5.66. The van der Waals surface area contributed by atoms with Gasteiger partial charge in [0.2, 0.25) is 0 Å². The van der Waals surface area contributed by atoms with Crippen molar-refractivity contribution >= 4 is 5.97 Å². The summed E-state index contributed by atoms with van der Waals surface area (Å²) in [7, 11) is 0. The maximum absolute atomic E-state index is 11.6. The van der Waals surface area contributed by atoms with Crippen molar-refractivity contribution in [2.45, 2.75) is 39.3 Å². The third kappa shape index (κ3) is 5.70. The van der Waals surface area contributed by atoms with Crippen LogP contribution in [0.3, 0.4) is 0 Å². The summed E-state index contributed by atoms with van der Waals surface area (Å²) in [5.74, 6) is -0.761. The van der Waals surface area contributed by atoms with E-state index < -0.39 is 5.97 Å². The van der Waals surface area contributed by atoms with Crippen molar-refractivity contribution in [3.05, 3.63) is 34.7 Å². The first-order chi connectivity index (χ1) is 9.00. The average molecular weight is 266 g/mol. The Hall–Kier alpha value is -1.62. The lowest BCUT2D eigenvalue weighted by Crippen LogP contribution is -2.36. The fraction of sp³-hybridized carbons (Fsp3) is 0.571. The molecule has 0 aliphatic heterocycles. The summed E-state index contributed by atoms with van der Waals surface area (Å²) in [5.41, 5.74) is -0.00302. The Bertz CT molecular complexity index is 454. The first-order valence-electron chi connectivity index (χ1n) is 6.62. The molecule has 0 saturated carbocycles. The van der Waals surface area contributed by atoms with E-state index in [1.165, 1.54) is 0 Å². The van der Waals surface area contributed by atoms with E-state index in [9.17, 15) is 9.59 Å². The van der Waals surface area contributed by atoms with Crippen molar-refractivity contribution < 1.29 is 9.90 Å². The van der Waals surface area contributed by atoms with Gasteiger partial charge in [-0.3, -0.25) is 14.5 Å². The standard InChI is InChI=1S/C14H22N2O3/c1-12(2)15(9-5-7-14(18)19)10-11-16-8-4-3-6-13(16)17/h3-4,6,8,12H,5,7,9-11H2,1-2H3,(H,18,19). The second-order valence-corrected chi connectivity index (χ2v) is 4.86. The van der Waals surface area contributed by atoms with Gasteiger partial charge in [0, 0.05) is 37.8 Å². The maximum Gasteiger partial charge on any atom is 0.303 e. The molecule has 1 heterocycles. The third-order valence-corrected chi connectivity index (χ3v) is 3.09. The number of carboxylic acids is 1. The van der Waals surface area contributed by atoms with Gasteiger partial charge in [0.25, 0.3) is 5.56 Å². The zero-order chi connectivity index (χ0) is 14.3. The molecule has 0 fully saturated rings. The van der Waals surface area contributed by atoms with Crippen LogP contribution < -0.4 is 5.56 Å². The lowest BCUT2D eigenvalue weighted by atomic mass is 10.2. The topological polar surface area (TPSA) is 62.5 Å². The second-order valence-electron chi connectivity index (χ2n) is 4.86. The summed E-state index contributed by atoms with van der Waals surface area (Å²) in [6.07, 6.45) is 2.60. The van der Waals surface area contributed by atoms with Crippen molar-refractivity contribution in [3.63, 3.8) is 0 Å². The largest absolute Gasteiger partial charge is 0.481 e. The molecule has 0 atom stereocenters. The molecule has 5 nitrogen and oxygen atoms in total. The van der Waals surface area contributed by atoms with Crippen LogP contribution in [-0.4, -0.2) is 39.7 Å². The molecule has 0 spiro atoms. The van der Waals surface area contributed by atoms with Crippen LogP contribution in [0.25, 0.3) is 0 Å². The predicted molar refractivity (Wildman–Crippen MR) is 74.3 cm³/mol. The normalized spacial score (nSPS) is 11.2. The van der Waals surface area contributed by atoms with Gasteiger partial charge in [0.05, 0.1) is 0 Å². The van der Waals surface area contributed by atoms with Gasteiger partial charge in [-0.15, -0.1) is 0 Å². The lowest BCUT2D eigenvalue weighted by molar-refractivity contribution is -0.137.